The summed E-state index contributed by atoms with van der Waals surface area (Å²) in [6.45, 7) is 1.77. The predicted molar refractivity (Wildman–Crippen MR) is 67.9 cm³/mol. The monoisotopic (exact) mass is 279 g/mol. The lowest BCUT2D eigenvalue weighted by Gasteiger charge is -2.02. The molecule has 3 N–H and O–H groups in total. The van der Waals surface area contributed by atoms with Crippen molar-refractivity contribution in [1.29, 1.82) is 0 Å². The summed E-state index contributed by atoms with van der Waals surface area (Å²) in [5.74, 6) is 0.0162. The maximum absolute atomic E-state index is 11.8. The molecule has 106 valence electrons. The van der Waals surface area contributed by atoms with Gasteiger partial charge in [0.25, 0.3) is 5.91 Å². The van der Waals surface area contributed by atoms with Crippen molar-refractivity contribution in [1.82, 2.24) is 24.8 Å². The van der Waals surface area contributed by atoms with E-state index in [4.69, 9.17) is 5.73 Å². The Morgan fingerprint density at radius 3 is 2.90 bits per heavy atom. The Morgan fingerprint density at radius 2 is 2.25 bits per heavy atom. The second kappa shape index (κ2) is 5.82. The van der Waals surface area contributed by atoms with Crippen LogP contribution in [0.2, 0.25) is 0 Å². The van der Waals surface area contributed by atoms with Crippen molar-refractivity contribution in [2.45, 2.75) is 13.5 Å². The molecule has 0 saturated carbocycles. The molecular weight excluding hydrogens is 266 g/mol. The number of amides is 1. The molecule has 1 amide bonds. The van der Waals surface area contributed by atoms with Crippen molar-refractivity contribution >= 4 is 23.6 Å². The van der Waals surface area contributed by atoms with E-state index >= 15 is 0 Å². The van der Waals surface area contributed by atoms with Crippen molar-refractivity contribution in [3.05, 3.63) is 18.5 Å². The first-order valence-electron chi connectivity index (χ1n) is 5.76. The standard InChI is InChI=1S/C10H13N7O3/c1-2-20-10(19)14-8-5-13-16(15-8)6-9(18)17-7(11)3-4-12-17/h3-5H,2,6,11H2,1H3,(H,14,15,19). The third kappa shape index (κ3) is 3.10. The van der Waals surface area contributed by atoms with E-state index in [9.17, 15) is 9.59 Å². The fourth-order valence-corrected chi connectivity index (χ4v) is 1.41. The van der Waals surface area contributed by atoms with E-state index in [1.54, 1.807) is 6.92 Å². The van der Waals surface area contributed by atoms with Crippen LogP contribution in [0, 0.1) is 0 Å². The molecule has 0 aliphatic rings. The van der Waals surface area contributed by atoms with Crippen LogP contribution in [-0.4, -0.2) is 43.4 Å². The molecule has 0 saturated heterocycles. The lowest BCUT2D eigenvalue weighted by Crippen LogP contribution is -2.22. The van der Waals surface area contributed by atoms with Crippen LogP contribution in [0.5, 0.6) is 0 Å². The Balaban J connectivity index is 1.98. The van der Waals surface area contributed by atoms with Gasteiger partial charge in [-0.15, -0.1) is 5.10 Å². The SMILES string of the molecule is CCOC(=O)Nc1cnn(CC(=O)n2nccc2N)n1. The van der Waals surface area contributed by atoms with Gasteiger partial charge < -0.3 is 10.5 Å². The zero-order chi connectivity index (χ0) is 14.5. The van der Waals surface area contributed by atoms with Gasteiger partial charge >= 0.3 is 6.09 Å². The van der Waals surface area contributed by atoms with E-state index in [1.165, 1.54) is 18.5 Å². The molecule has 0 bridgehead atoms. The highest BCUT2D eigenvalue weighted by molar-refractivity contribution is 5.83. The number of nitrogens with zero attached hydrogens (tertiary/aromatic N) is 5. The summed E-state index contributed by atoms with van der Waals surface area (Å²) in [6.07, 6.45) is 2.08. The van der Waals surface area contributed by atoms with Crippen molar-refractivity contribution in [2.75, 3.05) is 17.7 Å². The number of carbonyl (C=O) groups is 2. The van der Waals surface area contributed by atoms with E-state index in [0.29, 0.717) is 0 Å². The topological polar surface area (TPSA) is 130 Å². The number of anilines is 2. The average molecular weight is 279 g/mol. The van der Waals surface area contributed by atoms with Crippen LogP contribution in [0.1, 0.15) is 11.7 Å². The number of hydrogen-bond donors (Lipinski definition) is 2. The van der Waals surface area contributed by atoms with Gasteiger partial charge in [0.05, 0.1) is 19.0 Å². The quantitative estimate of drug-likeness (QED) is 0.803. The predicted octanol–water partition coefficient (Wildman–Crippen LogP) is -0.0344. The summed E-state index contributed by atoms with van der Waals surface area (Å²) in [7, 11) is 0. The van der Waals surface area contributed by atoms with E-state index in [1.807, 2.05) is 0 Å². The second-order valence-corrected chi connectivity index (χ2v) is 3.67. The Morgan fingerprint density at radius 1 is 1.45 bits per heavy atom. The zero-order valence-electron chi connectivity index (χ0n) is 10.7. The van der Waals surface area contributed by atoms with Crippen LogP contribution in [0.4, 0.5) is 16.4 Å². The van der Waals surface area contributed by atoms with Gasteiger partial charge in [-0.3, -0.25) is 10.1 Å². The van der Waals surface area contributed by atoms with Crippen LogP contribution >= 0.6 is 0 Å². The molecule has 0 atom stereocenters. The lowest BCUT2D eigenvalue weighted by molar-refractivity contribution is 0.0867. The van der Waals surface area contributed by atoms with Crippen molar-refractivity contribution in [3.63, 3.8) is 0 Å². The average Bonchev–Trinajstić information content (AvgIpc) is 2.99. The number of ether oxygens (including phenoxy) is 1. The van der Waals surface area contributed by atoms with E-state index < -0.39 is 12.0 Å². The maximum Gasteiger partial charge on any atom is 0.412 e. The molecule has 0 unspecified atom stereocenters. The molecule has 0 spiro atoms. The minimum atomic E-state index is -0.637. The second-order valence-electron chi connectivity index (χ2n) is 3.67. The van der Waals surface area contributed by atoms with Crippen LogP contribution in [-0.2, 0) is 11.3 Å². The number of nitrogen functional groups attached to an aromatic ring is 1. The summed E-state index contributed by atoms with van der Waals surface area (Å²) in [5, 5.41) is 13.9. The number of nitrogens with two attached hydrogens (primary N) is 1. The normalized spacial score (nSPS) is 10.2. The third-order valence-electron chi connectivity index (χ3n) is 2.23. The molecule has 2 aromatic rings. The first-order chi connectivity index (χ1) is 9.60. The Kier molecular flexibility index (Phi) is 3.93. The first kappa shape index (κ1) is 13.5. The van der Waals surface area contributed by atoms with Crippen LogP contribution in [0.3, 0.4) is 0 Å². The summed E-state index contributed by atoms with van der Waals surface area (Å²) < 4.78 is 5.73. The number of hydrogen-bond acceptors (Lipinski definition) is 7. The van der Waals surface area contributed by atoms with E-state index in [0.717, 1.165) is 9.48 Å². The van der Waals surface area contributed by atoms with Gasteiger partial charge in [0.15, 0.2) is 5.82 Å². The van der Waals surface area contributed by atoms with Gasteiger partial charge in [0, 0.05) is 6.07 Å². The number of aromatic nitrogens is 5. The maximum atomic E-state index is 11.8. The number of nitrogens with one attached hydrogen (secondary N) is 1. The molecule has 2 heterocycles. The van der Waals surface area contributed by atoms with Gasteiger partial charge in [-0.05, 0) is 6.92 Å². The van der Waals surface area contributed by atoms with Crippen LogP contribution in [0.25, 0.3) is 0 Å². The van der Waals surface area contributed by atoms with Gasteiger partial charge in [0.2, 0.25) is 0 Å². The Labute approximate surface area is 113 Å². The van der Waals surface area contributed by atoms with Crippen molar-refractivity contribution < 1.29 is 14.3 Å². The highest BCUT2D eigenvalue weighted by atomic mass is 16.5. The molecule has 20 heavy (non-hydrogen) atoms. The van der Waals surface area contributed by atoms with Gasteiger partial charge in [0.1, 0.15) is 12.4 Å². The van der Waals surface area contributed by atoms with E-state index in [-0.39, 0.29) is 24.8 Å². The van der Waals surface area contributed by atoms with Gasteiger partial charge in [-0.25, -0.2) is 4.79 Å². The molecule has 0 aliphatic heterocycles. The molecule has 10 heteroatoms. The fraction of sp³-hybridized carbons (Fsp3) is 0.300. The summed E-state index contributed by atoms with van der Waals surface area (Å²) in [6, 6.07) is 1.50. The molecule has 2 aromatic heterocycles. The highest BCUT2D eigenvalue weighted by Gasteiger charge is 2.12. The molecule has 0 aliphatic carbocycles. The highest BCUT2D eigenvalue weighted by Crippen LogP contribution is 2.03. The molecule has 0 fully saturated rings. The molecule has 10 nitrogen and oxygen atoms in total. The van der Waals surface area contributed by atoms with Crippen LogP contribution in [0.15, 0.2) is 18.5 Å². The molecule has 0 aromatic carbocycles. The van der Waals surface area contributed by atoms with Crippen LogP contribution < -0.4 is 11.1 Å². The van der Waals surface area contributed by atoms with Gasteiger partial charge in [-0.1, -0.05) is 0 Å². The minimum absolute atomic E-state index is 0.156. The zero-order valence-corrected chi connectivity index (χ0v) is 10.7. The van der Waals surface area contributed by atoms with Gasteiger partial charge in [-0.2, -0.15) is 19.7 Å². The lowest BCUT2D eigenvalue weighted by atomic mass is 10.6. The summed E-state index contributed by atoms with van der Waals surface area (Å²) >= 11 is 0. The summed E-state index contributed by atoms with van der Waals surface area (Å²) in [4.78, 5) is 24.1. The first-order valence-corrected chi connectivity index (χ1v) is 5.76. The largest absolute Gasteiger partial charge is 0.450 e. The molecule has 0 radical (unpaired) electrons. The molecule has 2 rings (SSSR count). The third-order valence-corrected chi connectivity index (χ3v) is 2.23. The number of carbonyl (C=O) groups excluding carboxylic acids is 2. The fourth-order valence-electron chi connectivity index (χ4n) is 1.41. The number of rotatable bonds is 4. The van der Waals surface area contributed by atoms with E-state index in [2.05, 4.69) is 25.3 Å². The van der Waals surface area contributed by atoms with Crippen molar-refractivity contribution in [2.24, 2.45) is 0 Å². The van der Waals surface area contributed by atoms with Crippen molar-refractivity contribution in [3.8, 4) is 0 Å². The molecular formula is C10H13N7O3. The summed E-state index contributed by atoms with van der Waals surface area (Å²) in [5.41, 5.74) is 5.56. The Hall–Kier alpha value is -2.91. The smallest absolute Gasteiger partial charge is 0.412 e. The Bertz CT molecular complexity index is 618. The minimum Gasteiger partial charge on any atom is -0.450 e.